The molecule has 2 amide bonds. The average Bonchev–Trinajstić information content (AvgIpc) is 2.69. The van der Waals surface area contributed by atoms with Crippen LogP contribution in [0.1, 0.15) is 24.2 Å². The highest BCUT2D eigenvalue weighted by Gasteiger charge is 2.28. The molecule has 0 aliphatic carbocycles. The minimum atomic E-state index is -0.555. The molecule has 5 heteroatoms. The number of benzene rings is 2. The lowest BCUT2D eigenvalue weighted by Crippen LogP contribution is -2.51. The molecular weight excluding hydrogens is 328 g/mol. The van der Waals surface area contributed by atoms with E-state index in [-0.39, 0.29) is 24.3 Å². The quantitative estimate of drug-likeness (QED) is 0.899. The highest BCUT2D eigenvalue weighted by Crippen LogP contribution is 2.22. The molecule has 2 atom stereocenters. The first-order valence-electron chi connectivity index (χ1n) is 8.92. The number of carbonyl (C=O) groups excluding carboxylic acids is 2. The highest BCUT2D eigenvalue weighted by atomic mass is 16.5. The van der Waals surface area contributed by atoms with E-state index in [1.807, 2.05) is 60.7 Å². The van der Waals surface area contributed by atoms with Gasteiger partial charge in [0.1, 0.15) is 12.1 Å². The van der Waals surface area contributed by atoms with Crippen LogP contribution in [-0.4, -0.2) is 42.5 Å². The van der Waals surface area contributed by atoms with Gasteiger partial charge in [0.25, 0.3) is 0 Å². The fourth-order valence-corrected chi connectivity index (χ4v) is 3.13. The Balaban J connectivity index is 1.55. The van der Waals surface area contributed by atoms with Crippen molar-refractivity contribution in [3.8, 4) is 0 Å². The van der Waals surface area contributed by atoms with E-state index in [1.54, 1.807) is 11.8 Å². The Labute approximate surface area is 154 Å². The van der Waals surface area contributed by atoms with Crippen LogP contribution in [0.2, 0.25) is 0 Å². The molecule has 3 rings (SSSR count). The van der Waals surface area contributed by atoms with E-state index in [9.17, 15) is 9.59 Å². The van der Waals surface area contributed by atoms with Crippen molar-refractivity contribution in [1.82, 2.24) is 10.2 Å². The monoisotopic (exact) mass is 352 g/mol. The summed E-state index contributed by atoms with van der Waals surface area (Å²) in [7, 11) is 0. The predicted molar refractivity (Wildman–Crippen MR) is 99.5 cm³/mol. The summed E-state index contributed by atoms with van der Waals surface area (Å²) in [6.07, 6.45) is 0.148. The third-order valence-corrected chi connectivity index (χ3v) is 4.50. The van der Waals surface area contributed by atoms with Crippen molar-refractivity contribution in [1.29, 1.82) is 0 Å². The number of amides is 2. The molecule has 0 saturated carbocycles. The van der Waals surface area contributed by atoms with Crippen LogP contribution in [0, 0.1) is 0 Å². The number of nitrogens with one attached hydrogen (secondary N) is 1. The fourth-order valence-electron chi connectivity index (χ4n) is 3.13. The Bertz CT molecular complexity index is 733. The number of carbonyl (C=O) groups is 2. The maximum absolute atomic E-state index is 12.7. The molecule has 1 aliphatic rings. The lowest BCUT2D eigenvalue weighted by Gasteiger charge is -2.34. The van der Waals surface area contributed by atoms with Crippen LogP contribution in [0.3, 0.4) is 0 Å². The van der Waals surface area contributed by atoms with Crippen LogP contribution < -0.4 is 5.32 Å². The van der Waals surface area contributed by atoms with Crippen molar-refractivity contribution < 1.29 is 14.3 Å². The SMILES string of the molecule is C[C@@H](NC(=O)Cc1ccccc1)C(=O)N1CCOC(c2ccccc2)C1. The van der Waals surface area contributed by atoms with Gasteiger partial charge in [-0.05, 0) is 18.1 Å². The Kier molecular flexibility index (Phi) is 6.02. The summed E-state index contributed by atoms with van der Waals surface area (Å²) in [6.45, 7) is 3.27. The van der Waals surface area contributed by atoms with E-state index in [0.29, 0.717) is 19.7 Å². The summed E-state index contributed by atoms with van der Waals surface area (Å²) in [4.78, 5) is 26.7. The molecule has 1 unspecified atom stereocenters. The summed E-state index contributed by atoms with van der Waals surface area (Å²) >= 11 is 0. The standard InChI is InChI=1S/C21H24N2O3/c1-16(22-20(24)14-17-8-4-2-5-9-17)21(25)23-12-13-26-19(15-23)18-10-6-3-7-11-18/h2-11,16,19H,12-15H2,1H3,(H,22,24)/t16-,19?/m1/s1. The predicted octanol–water partition coefficient (Wildman–Crippen LogP) is 2.33. The van der Waals surface area contributed by atoms with Gasteiger partial charge in [-0.25, -0.2) is 0 Å². The van der Waals surface area contributed by atoms with Gasteiger partial charge in [-0.15, -0.1) is 0 Å². The topological polar surface area (TPSA) is 58.6 Å². The molecular formula is C21H24N2O3. The number of rotatable bonds is 5. The first-order valence-corrected chi connectivity index (χ1v) is 8.92. The lowest BCUT2D eigenvalue weighted by molar-refractivity contribution is -0.142. The Morgan fingerprint density at radius 2 is 1.77 bits per heavy atom. The summed E-state index contributed by atoms with van der Waals surface area (Å²) < 4.78 is 5.80. The van der Waals surface area contributed by atoms with Gasteiger partial charge in [-0.1, -0.05) is 60.7 Å². The van der Waals surface area contributed by atoms with Crippen LogP contribution in [0.4, 0.5) is 0 Å². The number of morpholine rings is 1. The van der Waals surface area contributed by atoms with Gasteiger partial charge in [0, 0.05) is 6.54 Å². The number of hydrogen-bond acceptors (Lipinski definition) is 3. The van der Waals surface area contributed by atoms with Crippen LogP contribution in [0.25, 0.3) is 0 Å². The minimum absolute atomic E-state index is 0.0735. The van der Waals surface area contributed by atoms with Crippen LogP contribution in [0.5, 0.6) is 0 Å². The maximum Gasteiger partial charge on any atom is 0.245 e. The summed E-state index contributed by atoms with van der Waals surface area (Å²) in [6, 6.07) is 18.8. The first-order chi connectivity index (χ1) is 12.6. The molecule has 2 aromatic rings. The molecule has 0 aromatic heterocycles. The van der Waals surface area contributed by atoms with E-state index >= 15 is 0 Å². The second-order valence-corrected chi connectivity index (χ2v) is 6.51. The molecule has 1 saturated heterocycles. The van der Waals surface area contributed by atoms with Gasteiger partial charge in [-0.2, -0.15) is 0 Å². The number of nitrogens with zero attached hydrogens (tertiary/aromatic N) is 1. The molecule has 2 aromatic carbocycles. The summed E-state index contributed by atoms with van der Waals surface area (Å²) in [5.74, 6) is -0.222. The van der Waals surface area contributed by atoms with E-state index in [4.69, 9.17) is 4.74 Å². The van der Waals surface area contributed by atoms with Crippen molar-refractivity contribution in [3.63, 3.8) is 0 Å². The van der Waals surface area contributed by atoms with Crippen LogP contribution >= 0.6 is 0 Å². The van der Waals surface area contributed by atoms with Crippen molar-refractivity contribution in [2.24, 2.45) is 0 Å². The fraction of sp³-hybridized carbons (Fsp3) is 0.333. The van der Waals surface area contributed by atoms with Crippen molar-refractivity contribution in [3.05, 3.63) is 71.8 Å². The van der Waals surface area contributed by atoms with Crippen molar-refractivity contribution >= 4 is 11.8 Å². The van der Waals surface area contributed by atoms with Gasteiger partial charge in [-0.3, -0.25) is 9.59 Å². The third-order valence-electron chi connectivity index (χ3n) is 4.50. The van der Waals surface area contributed by atoms with Gasteiger partial charge in [0.05, 0.1) is 19.6 Å². The van der Waals surface area contributed by atoms with Crippen LogP contribution in [-0.2, 0) is 20.7 Å². The van der Waals surface area contributed by atoms with E-state index < -0.39 is 6.04 Å². The second kappa shape index (κ2) is 8.63. The molecule has 0 bridgehead atoms. The lowest BCUT2D eigenvalue weighted by atomic mass is 10.1. The third kappa shape index (κ3) is 4.70. The van der Waals surface area contributed by atoms with E-state index in [1.165, 1.54) is 0 Å². The summed E-state index contributed by atoms with van der Waals surface area (Å²) in [5, 5.41) is 2.81. The number of ether oxygens (including phenoxy) is 1. The second-order valence-electron chi connectivity index (χ2n) is 6.51. The molecule has 0 spiro atoms. The number of hydrogen-bond donors (Lipinski definition) is 1. The van der Waals surface area contributed by atoms with Crippen molar-refractivity contribution in [2.45, 2.75) is 25.5 Å². The molecule has 1 N–H and O–H groups in total. The zero-order valence-electron chi connectivity index (χ0n) is 14.9. The Morgan fingerprint density at radius 1 is 1.12 bits per heavy atom. The molecule has 1 aliphatic heterocycles. The normalized spacial score (nSPS) is 18.2. The smallest absolute Gasteiger partial charge is 0.245 e. The highest BCUT2D eigenvalue weighted by molar-refractivity contribution is 5.88. The van der Waals surface area contributed by atoms with Gasteiger partial charge in [0.2, 0.25) is 11.8 Å². The Hall–Kier alpha value is -2.66. The molecule has 1 fully saturated rings. The van der Waals surface area contributed by atoms with Crippen LogP contribution in [0.15, 0.2) is 60.7 Å². The van der Waals surface area contributed by atoms with Gasteiger partial charge >= 0.3 is 0 Å². The summed E-state index contributed by atoms with van der Waals surface area (Å²) in [5.41, 5.74) is 1.99. The zero-order valence-corrected chi connectivity index (χ0v) is 14.9. The van der Waals surface area contributed by atoms with Crippen molar-refractivity contribution in [2.75, 3.05) is 19.7 Å². The average molecular weight is 352 g/mol. The molecule has 1 heterocycles. The molecule has 26 heavy (non-hydrogen) atoms. The van der Waals surface area contributed by atoms with Gasteiger partial charge in [0.15, 0.2) is 0 Å². The van der Waals surface area contributed by atoms with E-state index in [0.717, 1.165) is 11.1 Å². The first kappa shape index (κ1) is 18.1. The zero-order chi connectivity index (χ0) is 18.4. The Morgan fingerprint density at radius 3 is 2.46 bits per heavy atom. The van der Waals surface area contributed by atoms with E-state index in [2.05, 4.69) is 5.32 Å². The maximum atomic E-state index is 12.7. The molecule has 0 radical (unpaired) electrons. The molecule has 5 nitrogen and oxygen atoms in total. The largest absolute Gasteiger partial charge is 0.370 e. The minimum Gasteiger partial charge on any atom is -0.370 e. The molecule has 136 valence electrons. The van der Waals surface area contributed by atoms with Gasteiger partial charge < -0.3 is 15.0 Å².